The van der Waals surface area contributed by atoms with Gasteiger partial charge < -0.3 is 16.8 Å². The van der Waals surface area contributed by atoms with Gasteiger partial charge in [0.05, 0.1) is 0 Å². The molecule has 1 aromatic carbocycles. The number of rotatable bonds is 4. The summed E-state index contributed by atoms with van der Waals surface area (Å²) in [4.78, 5) is 22.7. The molecule has 1 aliphatic heterocycles. The summed E-state index contributed by atoms with van der Waals surface area (Å²) in [5, 5.41) is 2.93. The maximum absolute atomic E-state index is 11.9. The molecule has 0 bridgehead atoms. The molecule has 1 aliphatic carbocycles. The van der Waals surface area contributed by atoms with Gasteiger partial charge in [-0.2, -0.15) is 4.99 Å². The van der Waals surface area contributed by atoms with Crippen molar-refractivity contribution >= 4 is 29.2 Å². The number of hydrogen-bond acceptors (Lipinski definition) is 6. The third-order valence-electron chi connectivity index (χ3n) is 4.72. The Labute approximate surface area is 148 Å². The maximum atomic E-state index is 11.9. The summed E-state index contributed by atoms with van der Waals surface area (Å²) in [7, 11) is 0. The molecule has 0 unspecified atom stereocenters. The highest BCUT2D eigenvalue weighted by molar-refractivity contribution is 6.06. The fourth-order valence-electron chi connectivity index (χ4n) is 3.67. The van der Waals surface area contributed by atoms with Gasteiger partial charge in [0.15, 0.2) is 0 Å². The number of guanidine groups is 2. The first-order chi connectivity index (χ1) is 12.0. The van der Waals surface area contributed by atoms with E-state index in [1.807, 2.05) is 36.1 Å². The van der Waals surface area contributed by atoms with Gasteiger partial charge in [-0.25, -0.2) is 4.99 Å². The minimum atomic E-state index is -0.472. The van der Waals surface area contributed by atoms with Gasteiger partial charge >= 0.3 is 0 Å². The molecular formula is C18H26N6O. The third-order valence-corrected chi connectivity index (χ3v) is 4.72. The number of hydrogen-bond donors (Lipinski definition) is 3. The van der Waals surface area contributed by atoms with Crippen LogP contribution < -0.4 is 21.7 Å². The summed E-state index contributed by atoms with van der Waals surface area (Å²) >= 11 is 0. The summed E-state index contributed by atoms with van der Waals surface area (Å²) in [5.74, 6) is 0.601. The van der Waals surface area contributed by atoms with Crippen molar-refractivity contribution in [2.24, 2.45) is 21.5 Å². The minimum absolute atomic E-state index is 0.00887. The van der Waals surface area contributed by atoms with E-state index in [2.05, 4.69) is 15.3 Å². The summed E-state index contributed by atoms with van der Waals surface area (Å²) in [6.07, 6.45) is 6.43. The quantitative estimate of drug-likeness (QED) is 0.781. The van der Waals surface area contributed by atoms with E-state index in [1.54, 1.807) is 0 Å². The van der Waals surface area contributed by atoms with Crippen molar-refractivity contribution in [3.8, 4) is 0 Å². The Hall–Kier alpha value is -2.57. The van der Waals surface area contributed by atoms with Crippen LogP contribution in [0.25, 0.3) is 0 Å². The molecule has 2 aliphatic rings. The van der Waals surface area contributed by atoms with E-state index in [9.17, 15) is 4.79 Å². The number of nitrogens with two attached hydrogens (primary N) is 2. The lowest BCUT2D eigenvalue weighted by Crippen LogP contribution is -2.58. The summed E-state index contributed by atoms with van der Waals surface area (Å²) < 4.78 is 0. The maximum Gasteiger partial charge on any atom is 0.224 e. The number of anilines is 2. The second kappa shape index (κ2) is 7.13. The molecule has 7 heteroatoms. The van der Waals surface area contributed by atoms with Gasteiger partial charge in [-0.05, 0) is 50.3 Å². The first-order valence-corrected chi connectivity index (χ1v) is 8.94. The van der Waals surface area contributed by atoms with Crippen LogP contribution in [0.15, 0.2) is 34.3 Å². The second-order valence-corrected chi connectivity index (χ2v) is 6.67. The average Bonchev–Trinajstić information content (AvgIpc) is 2.55. The van der Waals surface area contributed by atoms with Crippen molar-refractivity contribution in [3.05, 3.63) is 24.3 Å². The highest BCUT2D eigenvalue weighted by Crippen LogP contribution is 2.39. The van der Waals surface area contributed by atoms with Crippen LogP contribution in [0.1, 0.15) is 51.9 Å². The van der Waals surface area contributed by atoms with Crippen molar-refractivity contribution < 1.29 is 4.79 Å². The van der Waals surface area contributed by atoms with Crippen molar-refractivity contribution in [1.82, 2.24) is 0 Å². The smallest absolute Gasteiger partial charge is 0.224 e. The van der Waals surface area contributed by atoms with Gasteiger partial charge in [-0.15, -0.1) is 0 Å². The van der Waals surface area contributed by atoms with Gasteiger partial charge in [0.25, 0.3) is 0 Å². The third kappa shape index (κ3) is 3.60. The van der Waals surface area contributed by atoms with E-state index >= 15 is 0 Å². The zero-order valence-electron chi connectivity index (χ0n) is 14.7. The first kappa shape index (κ1) is 17.3. The number of benzene rings is 1. The Kier molecular flexibility index (Phi) is 4.92. The number of amides is 1. The van der Waals surface area contributed by atoms with Gasteiger partial charge in [0, 0.05) is 17.8 Å². The number of carbonyl (C=O) groups excluding carboxylic acids is 1. The highest BCUT2D eigenvalue weighted by Gasteiger charge is 2.42. The standard InChI is InChI=1S/C18H26N6O/c1-2-7-15(25)21-13-8-6-9-14(12-13)24-17(20)22-16(19)23-18(24)10-4-3-5-11-18/h6,8-9,12H,2-5,7,10-11H2,1H3,(H,21,25)(H4,19,20,22,23). The molecule has 1 heterocycles. The van der Waals surface area contributed by atoms with Crippen LogP contribution in [0.5, 0.6) is 0 Å². The van der Waals surface area contributed by atoms with E-state index in [-0.39, 0.29) is 11.9 Å². The highest BCUT2D eigenvalue weighted by atomic mass is 16.1. The van der Waals surface area contributed by atoms with E-state index in [1.165, 1.54) is 6.42 Å². The molecule has 3 rings (SSSR count). The van der Waals surface area contributed by atoms with E-state index in [0.29, 0.717) is 12.4 Å². The van der Waals surface area contributed by atoms with Crippen LogP contribution in [-0.2, 0) is 4.79 Å². The monoisotopic (exact) mass is 342 g/mol. The molecule has 1 spiro atoms. The van der Waals surface area contributed by atoms with Crippen LogP contribution in [-0.4, -0.2) is 23.5 Å². The first-order valence-electron chi connectivity index (χ1n) is 8.94. The van der Waals surface area contributed by atoms with Gasteiger partial charge in [0.2, 0.25) is 17.8 Å². The van der Waals surface area contributed by atoms with Crippen molar-refractivity contribution in [2.45, 2.75) is 57.5 Å². The summed E-state index contributed by atoms with van der Waals surface area (Å²) in [5.41, 5.74) is 13.3. The number of aliphatic imine (C=N–C) groups is 2. The largest absolute Gasteiger partial charge is 0.369 e. The van der Waals surface area contributed by atoms with Crippen molar-refractivity contribution in [3.63, 3.8) is 0 Å². The van der Waals surface area contributed by atoms with Crippen LogP contribution in [0.3, 0.4) is 0 Å². The Morgan fingerprint density at radius 2 is 2.04 bits per heavy atom. The molecule has 1 saturated carbocycles. The molecule has 0 saturated heterocycles. The van der Waals surface area contributed by atoms with Gasteiger partial charge in [0.1, 0.15) is 5.66 Å². The molecular weight excluding hydrogens is 316 g/mol. The number of nitrogens with one attached hydrogen (secondary N) is 1. The topological polar surface area (TPSA) is 109 Å². The zero-order chi connectivity index (χ0) is 17.9. The molecule has 1 aromatic rings. The SMILES string of the molecule is CCCC(=O)Nc1cccc(N2C(N)=NC(N)=NC23CCCCC3)c1. The van der Waals surface area contributed by atoms with E-state index < -0.39 is 5.66 Å². The predicted octanol–water partition coefficient (Wildman–Crippen LogP) is 2.54. The number of nitrogens with zero attached hydrogens (tertiary/aromatic N) is 3. The fourth-order valence-corrected chi connectivity index (χ4v) is 3.67. The minimum Gasteiger partial charge on any atom is -0.369 e. The van der Waals surface area contributed by atoms with Gasteiger partial charge in [-0.1, -0.05) is 19.4 Å². The molecule has 0 atom stereocenters. The molecule has 134 valence electrons. The van der Waals surface area contributed by atoms with Crippen LogP contribution in [0, 0.1) is 0 Å². The number of carbonyl (C=O) groups is 1. The van der Waals surface area contributed by atoms with Crippen LogP contribution in [0.4, 0.5) is 11.4 Å². The van der Waals surface area contributed by atoms with E-state index in [0.717, 1.165) is 43.5 Å². The lowest BCUT2D eigenvalue weighted by Gasteiger charge is -2.45. The van der Waals surface area contributed by atoms with E-state index in [4.69, 9.17) is 11.5 Å². The lowest BCUT2D eigenvalue weighted by atomic mass is 9.87. The van der Waals surface area contributed by atoms with Crippen LogP contribution >= 0.6 is 0 Å². The zero-order valence-corrected chi connectivity index (χ0v) is 14.7. The summed E-state index contributed by atoms with van der Waals surface area (Å²) in [6, 6.07) is 7.66. The lowest BCUT2D eigenvalue weighted by molar-refractivity contribution is -0.116. The Morgan fingerprint density at radius 1 is 1.28 bits per heavy atom. The molecule has 5 N–H and O–H groups in total. The molecule has 1 fully saturated rings. The Morgan fingerprint density at radius 3 is 2.76 bits per heavy atom. The fraction of sp³-hybridized carbons (Fsp3) is 0.500. The molecule has 0 aromatic heterocycles. The average molecular weight is 342 g/mol. The summed E-state index contributed by atoms with van der Waals surface area (Å²) in [6.45, 7) is 1.98. The molecule has 1 amide bonds. The second-order valence-electron chi connectivity index (χ2n) is 6.67. The molecule has 25 heavy (non-hydrogen) atoms. The van der Waals surface area contributed by atoms with Crippen molar-refractivity contribution in [2.75, 3.05) is 10.2 Å². The van der Waals surface area contributed by atoms with Gasteiger partial charge in [-0.3, -0.25) is 9.69 Å². The molecule has 0 radical (unpaired) electrons. The Balaban J connectivity index is 1.93. The van der Waals surface area contributed by atoms with Crippen LogP contribution in [0.2, 0.25) is 0 Å². The van der Waals surface area contributed by atoms with Crippen molar-refractivity contribution in [1.29, 1.82) is 0 Å². The normalized spacial score (nSPS) is 19.3. The molecule has 7 nitrogen and oxygen atoms in total. The Bertz CT molecular complexity index is 705. The predicted molar refractivity (Wildman–Crippen MR) is 102 cm³/mol.